The maximum Gasteiger partial charge on any atom is 0.161 e. The monoisotopic (exact) mass is 660 g/mol. The first-order valence-electron chi connectivity index (χ1n) is 18.6. The summed E-state index contributed by atoms with van der Waals surface area (Å²) in [5, 5.41) is 21.3. The van der Waals surface area contributed by atoms with Gasteiger partial charge in [0.25, 0.3) is 0 Å². The van der Waals surface area contributed by atoms with Gasteiger partial charge in [0.2, 0.25) is 0 Å². The SMILES string of the molecule is CCCCCCCCCCCc1ccc(C=Nc2cc(F)c(F)cc2N=Cc2ccc(CCCCCCCCCCC)cc2O)c(O)c1. The topological polar surface area (TPSA) is 65.2 Å². The van der Waals surface area contributed by atoms with Crippen LogP contribution in [0, 0.1) is 11.6 Å². The third-order valence-corrected chi connectivity index (χ3v) is 9.03. The Kier molecular flexibility index (Phi) is 18.6. The molecule has 0 unspecified atom stereocenters. The molecule has 0 spiro atoms. The standard InChI is InChI=1S/C42H58F2N2O2/c1-3-5-7-9-11-13-15-17-19-21-33-23-25-35(41(47)27-33)31-45-39-29-37(43)38(44)30-40(39)46-32-36-26-24-34(28-42(36)48)22-20-18-16-14-12-10-8-6-4-2/h23-32,47-48H,3-22H2,1-2H3. The van der Waals surface area contributed by atoms with Crippen LogP contribution in [0.25, 0.3) is 0 Å². The Bertz CT molecular complexity index is 1310. The summed E-state index contributed by atoms with van der Waals surface area (Å²) < 4.78 is 28.4. The number of aliphatic imine (C=N–C) groups is 2. The molecule has 3 rings (SSSR count). The van der Waals surface area contributed by atoms with Gasteiger partial charge in [-0.05, 0) is 61.1 Å². The average Bonchev–Trinajstić information content (AvgIpc) is 3.07. The number of benzene rings is 3. The maximum absolute atomic E-state index is 14.2. The molecule has 2 N–H and O–H groups in total. The fourth-order valence-corrected chi connectivity index (χ4v) is 6.00. The van der Waals surface area contributed by atoms with Gasteiger partial charge in [-0.3, -0.25) is 9.98 Å². The van der Waals surface area contributed by atoms with Crippen LogP contribution >= 0.6 is 0 Å². The van der Waals surface area contributed by atoms with Gasteiger partial charge in [-0.2, -0.15) is 0 Å². The number of hydrogen-bond donors (Lipinski definition) is 2. The van der Waals surface area contributed by atoms with Crippen molar-refractivity contribution in [1.29, 1.82) is 0 Å². The summed E-state index contributed by atoms with van der Waals surface area (Å²) in [6, 6.07) is 13.0. The van der Waals surface area contributed by atoms with Crippen molar-refractivity contribution in [2.75, 3.05) is 0 Å². The second kappa shape index (κ2) is 22.9. The Morgan fingerprint density at radius 3 is 1.15 bits per heavy atom. The van der Waals surface area contributed by atoms with Gasteiger partial charge in [0.05, 0.1) is 11.4 Å². The van der Waals surface area contributed by atoms with Gasteiger partial charge in [-0.25, -0.2) is 8.78 Å². The molecule has 0 aliphatic carbocycles. The molecule has 6 heteroatoms. The molecule has 0 bridgehead atoms. The van der Waals surface area contributed by atoms with Crippen LogP contribution in [0.3, 0.4) is 0 Å². The van der Waals surface area contributed by atoms with Crippen LogP contribution < -0.4 is 0 Å². The van der Waals surface area contributed by atoms with Gasteiger partial charge in [0.15, 0.2) is 11.6 Å². The molecule has 3 aromatic rings. The van der Waals surface area contributed by atoms with Crippen molar-refractivity contribution in [3.05, 3.63) is 82.4 Å². The smallest absolute Gasteiger partial charge is 0.161 e. The van der Waals surface area contributed by atoms with Crippen molar-refractivity contribution in [1.82, 2.24) is 0 Å². The number of nitrogens with zero attached hydrogens (tertiary/aromatic N) is 2. The lowest BCUT2D eigenvalue weighted by Gasteiger charge is -2.07. The van der Waals surface area contributed by atoms with Crippen molar-refractivity contribution >= 4 is 23.8 Å². The third-order valence-electron chi connectivity index (χ3n) is 9.03. The Labute approximate surface area is 288 Å². The largest absolute Gasteiger partial charge is 0.507 e. The molecule has 0 aliphatic heterocycles. The van der Waals surface area contributed by atoms with Crippen molar-refractivity contribution < 1.29 is 19.0 Å². The van der Waals surface area contributed by atoms with Crippen LogP contribution in [0.4, 0.5) is 20.2 Å². The van der Waals surface area contributed by atoms with E-state index in [0.717, 1.165) is 48.9 Å². The van der Waals surface area contributed by atoms with Crippen molar-refractivity contribution in [3.63, 3.8) is 0 Å². The minimum absolute atomic E-state index is 0.0900. The second-order valence-electron chi connectivity index (χ2n) is 13.2. The molecule has 0 saturated heterocycles. The Balaban J connectivity index is 1.53. The zero-order chi connectivity index (χ0) is 34.4. The third kappa shape index (κ3) is 14.7. The summed E-state index contributed by atoms with van der Waals surface area (Å²) in [6.45, 7) is 4.48. The van der Waals surface area contributed by atoms with Gasteiger partial charge in [0.1, 0.15) is 11.5 Å². The molecular weight excluding hydrogens is 602 g/mol. The molecule has 0 aromatic heterocycles. The van der Waals surface area contributed by atoms with E-state index < -0.39 is 11.6 Å². The molecule has 262 valence electrons. The number of rotatable bonds is 24. The average molecular weight is 661 g/mol. The van der Waals surface area contributed by atoms with Crippen LogP contribution in [0.1, 0.15) is 152 Å². The summed E-state index contributed by atoms with van der Waals surface area (Å²) in [5.74, 6) is -1.89. The number of unbranched alkanes of at least 4 members (excludes halogenated alkanes) is 16. The van der Waals surface area contributed by atoms with Gasteiger partial charge in [-0.1, -0.05) is 129 Å². The fraction of sp³-hybridized carbons (Fsp3) is 0.524. The van der Waals surface area contributed by atoms with E-state index in [9.17, 15) is 19.0 Å². The minimum Gasteiger partial charge on any atom is -0.507 e. The molecule has 48 heavy (non-hydrogen) atoms. The molecule has 0 heterocycles. The summed E-state index contributed by atoms with van der Waals surface area (Å²) >= 11 is 0. The Morgan fingerprint density at radius 2 is 0.812 bits per heavy atom. The second-order valence-corrected chi connectivity index (χ2v) is 13.2. The summed E-state index contributed by atoms with van der Waals surface area (Å²) in [6.07, 6.45) is 27.4. The van der Waals surface area contributed by atoms with E-state index in [1.807, 2.05) is 12.1 Å². The number of aromatic hydroxyl groups is 2. The normalized spacial score (nSPS) is 11.8. The predicted molar refractivity (Wildman–Crippen MR) is 199 cm³/mol. The number of halogens is 2. The number of phenols is 2. The molecular formula is C42H58F2N2O2. The highest BCUT2D eigenvalue weighted by molar-refractivity contribution is 5.89. The van der Waals surface area contributed by atoms with Crippen LogP contribution in [-0.4, -0.2) is 22.6 Å². The highest BCUT2D eigenvalue weighted by atomic mass is 19.2. The highest BCUT2D eigenvalue weighted by Crippen LogP contribution is 2.32. The first-order chi connectivity index (χ1) is 23.4. The Morgan fingerprint density at radius 1 is 0.479 bits per heavy atom. The molecule has 4 nitrogen and oxygen atoms in total. The molecule has 0 amide bonds. The molecule has 3 aromatic carbocycles. The minimum atomic E-state index is -1.04. The quantitative estimate of drug-likeness (QED) is 0.0742. The molecule has 0 aliphatic rings. The van der Waals surface area contributed by atoms with Gasteiger partial charge < -0.3 is 10.2 Å². The van der Waals surface area contributed by atoms with Crippen LogP contribution in [-0.2, 0) is 12.8 Å². The van der Waals surface area contributed by atoms with E-state index in [1.54, 1.807) is 24.3 Å². The van der Waals surface area contributed by atoms with E-state index in [2.05, 4.69) is 23.8 Å². The van der Waals surface area contributed by atoms with E-state index in [4.69, 9.17) is 0 Å². The Hall–Kier alpha value is -3.54. The molecule has 0 atom stereocenters. The van der Waals surface area contributed by atoms with Crippen molar-refractivity contribution in [2.24, 2.45) is 9.98 Å². The number of hydrogen-bond acceptors (Lipinski definition) is 4. The summed E-state index contributed by atoms with van der Waals surface area (Å²) in [7, 11) is 0. The van der Waals surface area contributed by atoms with Crippen LogP contribution in [0.15, 0.2) is 58.5 Å². The van der Waals surface area contributed by atoms with Gasteiger partial charge in [-0.15, -0.1) is 0 Å². The molecule has 0 fully saturated rings. The molecule has 0 radical (unpaired) electrons. The maximum atomic E-state index is 14.2. The van der Waals surface area contributed by atoms with Crippen LogP contribution in [0.5, 0.6) is 11.5 Å². The van der Waals surface area contributed by atoms with Crippen molar-refractivity contribution in [2.45, 2.75) is 142 Å². The van der Waals surface area contributed by atoms with Gasteiger partial charge in [0, 0.05) is 35.7 Å². The first kappa shape index (κ1) is 38.9. The zero-order valence-electron chi connectivity index (χ0n) is 29.5. The number of phenolic OH excluding ortho intramolecular Hbond substituents is 2. The predicted octanol–water partition coefficient (Wildman–Crippen LogP) is 13.0. The van der Waals surface area contributed by atoms with E-state index in [1.165, 1.54) is 115 Å². The fourth-order valence-electron chi connectivity index (χ4n) is 6.00. The number of aryl methyl sites for hydroxylation is 2. The lowest BCUT2D eigenvalue weighted by atomic mass is 10.0. The highest BCUT2D eigenvalue weighted by Gasteiger charge is 2.10. The molecule has 0 saturated carbocycles. The van der Waals surface area contributed by atoms with E-state index in [0.29, 0.717) is 11.1 Å². The van der Waals surface area contributed by atoms with E-state index >= 15 is 0 Å². The van der Waals surface area contributed by atoms with Crippen LogP contribution in [0.2, 0.25) is 0 Å². The van der Waals surface area contributed by atoms with Gasteiger partial charge >= 0.3 is 0 Å². The van der Waals surface area contributed by atoms with Crippen molar-refractivity contribution in [3.8, 4) is 11.5 Å². The summed E-state index contributed by atoms with van der Waals surface area (Å²) in [4.78, 5) is 8.69. The summed E-state index contributed by atoms with van der Waals surface area (Å²) in [5.41, 5.74) is 3.31. The lowest BCUT2D eigenvalue weighted by Crippen LogP contribution is -1.90. The zero-order valence-corrected chi connectivity index (χ0v) is 29.5. The first-order valence-corrected chi connectivity index (χ1v) is 18.6. The lowest BCUT2D eigenvalue weighted by molar-refractivity contribution is 0.473. The van der Waals surface area contributed by atoms with E-state index in [-0.39, 0.29) is 22.9 Å².